The van der Waals surface area contributed by atoms with Crippen molar-refractivity contribution in [3.63, 3.8) is 0 Å². The van der Waals surface area contributed by atoms with Gasteiger partial charge in [0.2, 0.25) is 0 Å². The van der Waals surface area contributed by atoms with Gasteiger partial charge in [-0.05, 0) is 30.7 Å². The second-order valence-corrected chi connectivity index (χ2v) is 3.75. The first-order chi connectivity index (χ1) is 8.36. The summed E-state index contributed by atoms with van der Waals surface area (Å²) in [6.45, 7) is 1.57. The van der Waals surface area contributed by atoms with E-state index in [0.29, 0.717) is 12.2 Å². The summed E-state index contributed by atoms with van der Waals surface area (Å²) in [4.78, 5) is 15.6. The first-order valence-electron chi connectivity index (χ1n) is 5.66. The molecule has 0 fully saturated rings. The van der Waals surface area contributed by atoms with Crippen LogP contribution in [0.25, 0.3) is 0 Å². The van der Waals surface area contributed by atoms with Gasteiger partial charge in [0.05, 0.1) is 0 Å². The molecule has 88 valence electrons. The van der Waals surface area contributed by atoms with Crippen LogP contribution in [-0.2, 0) is 6.54 Å². The molecular weight excluding hydrogens is 214 g/mol. The zero-order valence-corrected chi connectivity index (χ0v) is 9.54. The summed E-state index contributed by atoms with van der Waals surface area (Å²) < 4.78 is 2.09. The number of nitrogens with zero attached hydrogens (tertiary/aromatic N) is 2. The van der Waals surface area contributed by atoms with Crippen LogP contribution in [0.1, 0.15) is 16.9 Å². The maximum Gasteiger partial charge on any atom is 0.269 e. The van der Waals surface area contributed by atoms with Gasteiger partial charge in [0.15, 0.2) is 0 Å². The third-order valence-electron chi connectivity index (χ3n) is 2.44. The molecule has 0 saturated heterocycles. The Morgan fingerprint density at radius 2 is 2.06 bits per heavy atom. The lowest BCUT2D eigenvalue weighted by Crippen LogP contribution is -2.25. The van der Waals surface area contributed by atoms with Crippen LogP contribution >= 0.6 is 0 Å². The van der Waals surface area contributed by atoms with Crippen molar-refractivity contribution >= 4 is 5.91 Å². The molecule has 1 amide bonds. The monoisotopic (exact) mass is 229 g/mol. The predicted octanol–water partition coefficient (Wildman–Crippen LogP) is 1.70. The average Bonchev–Trinajstić information content (AvgIpc) is 2.88. The lowest BCUT2D eigenvalue weighted by molar-refractivity contribution is 0.0948. The molecule has 0 aromatic carbocycles. The van der Waals surface area contributed by atoms with Crippen LogP contribution in [-0.4, -0.2) is 22.0 Å². The topological polar surface area (TPSA) is 46.9 Å². The van der Waals surface area contributed by atoms with Crippen molar-refractivity contribution in [3.8, 4) is 0 Å². The van der Waals surface area contributed by atoms with Gasteiger partial charge in [-0.25, -0.2) is 0 Å². The Labute approximate surface area is 100 Å². The van der Waals surface area contributed by atoms with Crippen molar-refractivity contribution in [3.05, 3.63) is 54.6 Å². The Morgan fingerprint density at radius 3 is 2.76 bits per heavy atom. The number of carbonyl (C=O) groups is 1. The molecule has 0 atom stereocenters. The molecule has 2 aromatic heterocycles. The van der Waals surface area contributed by atoms with E-state index in [4.69, 9.17) is 0 Å². The van der Waals surface area contributed by atoms with Gasteiger partial charge in [-0.1, -0.05) is 6.07 Å². The number of rotatable bonds is 5. The Morgan fingerprint density at radius 1 is 1.24 bits per heavy atom. The van der Waals surface area contributed by atoms with E-state index >= 15 is 0 Å². The predicted molar refractivity (Wildman–Crippen MR) is 65.6 cm³/mol. The molecule has 4 nitrogen and oxygen atoms in total. The average molecular weight is 229 g/mol. The smallest absolute Gasteiger partial charge is 0.269 e. The number of aromatic nitrogens is 2. The number of carbonyl (C=O) groups excluding carboxylic acids is 1. The van der Waals surface area contributed by atoms with Crippen LogP contribution in [0.15, 0.2) is 48.9 Å². The third-order valence-corrected chi connectivity index (χ3v) is 2.44. The summed E-state index contributed by atoms with van der Waals surface area (Å²) >= 11 is 0. The number of pyridine rings is 1. The maximum absolute atomic E-state index is 11.6. The molecule has 0 bridgehead atoms. The van der Waals surface area contributed by atoms with E-state index in [-0.39, 0.29) is 5.91 Å². The SMILES string of the molecule is O=C(NCCCn1cccc1)c1ccccn1. The molecule has 0 radical (unpaired) electrons. The number of aryl methyl sites for hydroxylation is 1. The van der Waals surface area contributed by atoms with E-state index in [1.54, 1.807) is 18.3 Å². The van der Waals surface area contributed by atoms with Crippen molar-refractivity contribution in [2.24, 2.45) is 0 Å². The second-order valence-electron chi connectivity index (χ2n) is 3.75. The fourth-order valence-corrected chi connectivity index (χ4v) is 1.57. The highest BCUT2D eigenvalue weighted by molar-refractivity contribution is 5.92. The van der Waals surface area contributed by atoms with Gasteiger partial charge in [0.1, 0.15) is 5.69 Å². The minimum absolute atomic E-state index is 0.113. The number of hydrogen-bond donors (Lipinski definition) is 1. The van der Waals surface area contributed by atoms with Crippen LogP contribution in [0, 0.1) is 0 Å². The van der Waals surface area contributed by atoms with Crippen LogP contribution < -0.4 is 5.32 Å². The van der Waals surface area contributed by atoms with Crippen LogP contribution in [0.5, 0.6) is 0 Å². The molecule has 0 spiro atoms. The van der Waals surface area contributed by atoms with Crippen molar-refractivity contribution in [1.29, 1.82) is 0 Å². The third kappa shape index (κ3) is 3.45. The summed E-state index contributed by atoms with van der Waals surface area (Å²) in [6, 6.07) is 9.30. The molecule has 2 aromatic rings. The zero-order chi connectivity index (χ0) is 11.9. The Hall–Kier alpha value is -2.10. The van der Waals surface area contributed by atoms with Crippen LogP contribution in [0.3, 0.4) is 0 Å². The van der Waals surface area contributed by atoms with Gasteiger partial charge in [-0.15, -0.1) is 0 Å². The minimum atomic E-state index is -0.113. The molecule has 1 N–H and O–H groups in total. The number of hydrogen-bond acceptors (Lipinski definition) is 2. The highest BCUT2D eigenvalue weighted by Gasteiger charge is 2.04. The first-order valence-corrected chi connectivity index (χ1v) is 5.66. The normalized spacial score (nSPS) is 10.1. The van der Waals surface area contributed by atoms with Crippen molar-refractivity contribution < 1.29 is 4.79 Å². The van der Waals surface area contributed by atoms with Gasteiger partial charge in [0, 0.05) is 31.7 Å². The highest BCUT2D eigenvalue weighted by Crippen LogP contribution is 1.94. The van der Waals surface area contributed by atoms with Crippen LogP contribution in [0.4, 0.5) is 0 Å². The lowest BCUT2D eigenvalue weighted by Gasteiger charge is -2.05. The highest BCUT2D eigenvalue weighted by atomic mass is 16.1. The largest absolute Gasteiger partial charge is 0.354 e. The van der Waals surface area contributed by atoms with E-state index in [1.165, 1.54) is 0 Å². The lowest BCUT2D eigenvalue weighted by atomic mass is 10.3. The Bertz CT molecular complexity index is 451. The fraction of sp³-hybridized carbons (Fsp3) is 0.231. The zero-order valence-electron chi connectivity index (χ0n) is 9.54. The standard InChI is InChI=1S/C13H15N3O/c17-13(12-6-1-2-7-14-12)15-8-5-11-16-9-3-4-10-16/h1-4,6-7,9-10H,5,8,11H2,(H,15,17). The Kier molecular flexibility index (Phi) is 3.91. The molecule has 0 aliphatic carbocycles. The van der Waals surface area contributed by atoms with E-state index in [1.807, 2.05) is 30.6 Å². The summed E-state index contributed by atoms with van der Waals surface area (Å²) in [5, 5.41) is 2.85. The quantitative estimate of drug-likeness (QED) is 0.793. The first kappa shape index (κ1) is 11.4. The molecular formula is C13H15N3O. The van der Waals surface area contributed by atoms with E-state index in [9.17, 15) is 4.79 Å². The molecule has 4 heteroatoms. The molecule has 0 aliphatic heterocycles. The van der Waals surface area contributed by atoms with Crippen molar-refractivity contribution in [2.75, 3.05) is 6.54 Å². The van der Waals surface area contributed by atoms with Crippen LogP contribution in [0.2, 0.25) is 0 Å². The second kappa shape index (κ2) is 5.84. The van der Waals surface area contributed by atoms with Gasteiger partial charge < -0.3 is 9.88 Å². The summed E-state index contributed by atoms with van der Waals surface area (Å²) in [5.41, 5.74) is 0.466. The van der Waals surface area contributed by atoms with Crippen molar-refractivity contribution in [1.82, 2.24) is 14.9 Å². The van der Waals surface area contributed by atoms with E-state index in [2.05, 4.69) is 14.9 Å². The molecule has 0 saturated carbocycles. The van der Waals surface area contributed by atoms with Gasteiger partial charge in [0.25, 0.3) is 5.91 Å². The summed E-state index contributed by atoms with van der Waals surface area (Å²) in [7, 11) is 0. The van der Waals surface area contributed by atoms with Crippen molar-refractivity contribution in [2.45, 2.75) is 13.0 Å². The Balaban J connectivity index is 1.70. The molecule has 2 rings (SSSR count). The number of nitrogens with one attached hydrogen (secondary N) is 1. The van der Waals surface area contributed by atoms with Gasteiger partial charge in [-0.2, -0.15) is 0 Å². The fourth-order valence-electron chi connectivity index (χ4n) is 1.57. The van der Waals surface area contributed by atoms with Gasteiger partial charge in [-0.3, -0.25) is 9.78 Å². The van der Waals surface area contributed by atoms with E-state index in [0.717, 1.165) is 13.0 Å². The molecule has 2 heterocycles. The summed E-state index contributed by atoms with van der Waals surface area (Å²) in [5.74, 6) is -0.113. The molecule has 0 aliphatic rings. The summed E-state index contributed by atoms with van der Waals surface area (Å²) in [6.07, 6.45) is 6.56. The molecule has 0 unspecified atom stereocenters. The van der Waals surface area contributed by atoms with Gasteiger partial charge >= 0.3 is 0 Å². The minimum Gasteiger partial charge on any atom is -0.354 e. The number of amides is 1. The maximum atomic E-state index is 11.6. The van der Waals surface area contributed by atoms with E-state index < -0.39 is 0 Å². The molecule has 17 heavy (non-hydrogen) atoms.